The number of nitrogens with zero attached hydrogens (tertiary/aromatic N) is 2. The number of carbonyl (C=O) groups excluding carboxylic acids is 2. The molecule has 0 bridgehead atoms. The van der Waals surface area contributed by atoms with Crippen LogP contribution in [0.15, 0.2) is 24.3 Å². The zero-order valence-corrected chi connectivity index (χ0v) is 14.4. The first kappa shape index (κ1) is 17.2. The largest absolute Gasteiger partial charge is 0.550 e. The highest BCUT2D eigenvalue weighted by Crippen LogP contribution is 2.26. The summed E-state index contributed by atoms with van der Waals surface area (Å²) in [7, 11) is 0. The number of piperidine rings is 1. The van der Waals surface area contributed by atoms with Crippen molar-refractivity contribution in [3.05, 3.63) is 29.8 Å². The molecule has 0 radical (unpaired) electrons. The lowest BCUT2D eigenvalue weighted by molar-refractivity contribution is -0.305. The summed E-state index contributed by atoms with van der Waals surface area (Å²) >= 11 is 0. The van der Waals surface area contributed by atoms with Gasteiger partial charge >= 0.3 is 0 Å². The minimum Gasteiger partial charge on any atom is -0.550 e. The topological polar surface area (TPSA) is 85.4 Å². The number of carboxylic acids is 1. The van der Waals surface area contributed by atoms with Crippen molar-refractivity contribution < 1.29 is 14.7 Å². The first-order valence-electron chi connectivity index (χ1n) is 8.69. The van der Waals surface area contributed by atoms with Crippen LogP contribution in [0.1, 0.15) is 37.7 Å². The van der Waals surface area contributed by atoms with Crippen molar-refractivity contribution in [2.75, 3.05) is 23.3 Å². The molecular weight excluding hydrogens is 318 g/mol. The van der Waals surface area contributed by atoms with E-state index in [2.05, 4.69) is 16.3 Å². The number of amides is 1. The van der Waals surface area contributed by atoms with E-state index in [9.17, 15) is 14.7 Å². The summed E-state index contributed by atoms with van der Waals surface area (Å²) in [6.45, 7) is 4.13. The van der Waals surface area contributed by atoms with Gasteiger partial charge in [0.15, 0.2) is 0 Å². The smallest absolute Gasteiger partial charge is 0.224 e. The molecule has 1 aromatic heterocycles. The molecule has 0 aliphatic carbocycles. The van der Waals surface area contributed by atoms with Gasteiger partial charge in [-0.15, -0.1) is 0 Å². The molecule has 0 atom stereocenters. The third kappa shape index (κ3) is 4.26. The van der Waals surface area contributed by atoms with E-state index in [0.29, 0.717) is 5.69 Å². The van der Waals surface area contributed by atoms with Crippen LogP contribution in [0.25, 0.3) is 10.9 Å². The van der Waals surface area contributed by atoms with Gasteiger partial charge in [-0.1, -0.05) is 0 Å². The summed E-state index contributed by atoms with van der Waals surface area (Å²) in [5.74, 6) is -0.548. The van der Waals surface area contributed by atoms with Crippen LogP contribution in [0.5, 0.6) is 0 Å². The molecule has 2 aromatic rings. The second kappa shape index (κ2) is 7.51. The number of aryl methyl sites for hydroxylation is 1. The number of aromatic nitrogens is 1. The molecule has 1 aliphatic rings. The fourth-order valence-corrected chi connectivity index (χ4v) is 3.18. The Morgan fingerprint density at radius 2 is 1.92 bits per heavy atom. The van der Waals surface area contributed by atoms with Crippen LogP contribution in [-0.4, -0.2) is 29.9 Å². The molecule has 132 valence electrons. The molecule has 2 heterocycles. The van der Waals surface area contributed by atoms with E-state index >= 15 is 0 Å². The summed E-state index contributed by atoms with van der Waals surface area (Å²) < 4.78 is 0. The molecule has 1 saturated heterocycles. The van der Waals surface area contributed by atoms with Crippen LogP contribution < -0.4 is 15.3 Å². The Morgan fingerprint density at radius 3 is 2.64 bits per heavy atom. The lowest BCUT2D eigenvalue weighted by Crippen LogP contribution is -2.30. The maximum atomic E-state index is 11.8. The molecule has 1 N–H and O–H groups in total. The van der Waals surface area contributed by atoms with Crippen LogP contribution in [0.3, 0.4) is 0 Å². The van der Waals surface area contributed by atoms with E-state index in [1.54, 1.807) is 6.07 Å². The number of benzene rings is 1. The van der Waals surface area contributed by atoms with Gasteiger partial charge in [0.1, 0.15) is 5.82 Å². The highest BCUT2D eigenvalue weighted by atomic mass is 16.4. The van der Waals surface area contributed by atoms with Crippen molar-refractivity contribution in [2.45, 2.75) is 39.0 Å². The van der Waals surface area contributed by atoms with Crippen molar-refractivity contribution >= 4 is 34.3 Å². The van der Waals surface area contributed by atoms with Gasteiger partial charge in [-0.05, 0) is 62.4 Å². The number of carbonyl (C=O) groups is 2. The number of fused-ring (bicyclic) bond motifs is 1. The molecule has 0 spiro atoms. The third-order valence-electron chi connectivity index (χ3n) is 4.52. The Labute approximate surface area is 146 Å². The Balaban J connectivity index is 1.79. The zero-order chi connectivity index (χ0) is 17.8. The van der Waals surface area contributed by atoms with Crippen molar-refractivity contribution in [3.8, 4) is 0 Å². The second-order valence-corrected chi connectivity index (χ2v) is 6.50. The summed E-state index contributed by atoms with van der Waals surface area (Å²) in [5, 5.41) is 14.1. The lowest BCUT2D eigenvalue weighted by atomic mass is 10.1. The monoisotopic (exact) mass is 340 g/mol. The van der Waals surface area contributed by atoms with Crippen LogP contribution in [0, 0.1) is 6.92 Å². The minimum absolute atomic E-state index is 0.0918. The summed E-state index contributed by atoms with van der Waals surface area (Å²) in [6.07, 6.45) is 3.32. The average Bonchev–Trinajstić information content (AvgIpc) is 2.61. The molecule has 1 amide bonds. The van der Waals surface area contributed by atoms with Crippen LogP contribution >= 0.6 is 0 Å². The standard InChI is InChI=1S/C19H23N3O3/c1-13-11-17(22-9-3-2-4-10-22)21-16-6-5-14(12-15(13)16)20-18(23)7-8-19(24)25/h5-6,11-12H,2-4,7-10H2,1H3,(H,20,23)(H,24,25)/p-1. The van der Waals surface area contributed by atoms with Crippen LogP contribution in [0.2, 0.25) is 0 Å². The van der Waals surface area contributed by atoms with Gasteiger partial charge < -0.3 is 20.1 Å². The predicted molar refractivity (Wildman–Crippen MR) is 95.4 cm³/mol. The van der Waals surface area contributed by atoms with Crippen molar-refractivity contribution in [2.24, 2.45) is 0 Å². The van der Waals surface area contributed by atoms with E-state index in [1.807, 2.05) is 19.1 Å². The van der Waals surface area contributed by atoms with Gasteiger partial charge in [-0.25, -0.2) is 4.98 Å². The molecule has 6 heteroatoms. The molecule has 0 saturated carbocycles. The molecule has 1 aromatic carbocycles. The number of nitrogens with one attached hydrogen (secondary N) is 1. The van der Waals surface area contributed by atoms with E-state index in [0.717, 1.165) is 35.4 Å². The number of hydrogen-bond acceptors (Lipinski definition) is 5. The molecule has 3 rings (SSSR count). The molecule has 0 unspecified atom stereocenters. The van der Waals surface area contributed by atoms with Gasteiger partial charge in [0.05, 0.1) is 5.52 Å². The number of anilines is 2. The van der Waals surface area contributed by atoms with Crippen LogP contribution in [-0.2, 0) is 9.59 Å². The SMILES string of the molecule is Cc1cc(N2CCCCC2)nc2ccc(NC(=O)CCC(=O)[O-])cc12. The number of carboxylic acid groups (broad SMARTS) is 1. The van der Waals surface area contributed by atoms with Gasteiger partial charge in [-0.2, -0.15) is 0 Å². The number of pyridine rings is 1. The predicted octanol–water partition coefficient (Wildman–Crippen LogP) is 2.00. The van der Waals surface area contributed by atoms with Crippen molar-refractivity contribution in [1.82, 2.24) is 4.98 Å². The number of aliphatic carboxylic acids is 1. The first-order chi connectivity index (χ1) is 12.0. The molecular formula is C19H22N3O3-. The molecule has 1 fully saturated rings. The maximum Gasteiger partial charge on any atom is 0.224 e. The Bertz CT molecular complexity index is 798. The highest BCUT2D eigenvalue weighted by molar-refractivity contribution is 5.95. The van der Waals surface area contributed by atoms with Gasteiger partial charge in [0.2, 0.25) is 5.91 Å². The summed E-state index contributed by atoms with van der Waals surface area (Å²) in [4.78, 5) is 29.3. The van der Waals surface area contributed by atoms with Crippen LogP contribution in [0.4, 0.5) is 11.5 Å². The van der Waals surface area contributed by atoms with E-state index in [1.165, 1.54) is 19.3 Å². The fraction of sp³-hybridized carbons (Fsp3) is 0.421. The summed E-state index contributed by atoms with van der Waals surface area (Å²) in [6, 6.07) is 7.67. The van der Waals surface area contributed by atoms with Gasteiger partial charge in [-0.3, -0.25) is 4.79 Å². The minimum atomic E-state index is -1.22. The zero-order valence-electron chi connectivity index (χ0n) is 14.4. The highest BCUT2D eigenvalue weighted by Gasteiger charge is 2.14. The lowest BCUT2D eigenvalue weighted by Gasteiger charge is -2.28. The second-order valence-electron chi connectivity index (χ2n) is 6.50. The van der Waals surface area contributed by atoms with E-state index in [-0.39, 0.29) is 18.7 Å². The van der Waals surface area contributed by atoms with Gasteiger partial charge in [0, 0.05) is 36.6 Å². The molecule has 25 heavy (non-hydrogen) atoms. The summed E-state index contributed by atoms with van der Waals surface area (Å²) in [5.41, 5.74) is 2.65. The average molecular weight is 340 g/mol. The molecule has 1 aliphatic heterocycles. The fourth-order valence-electron chi connectivity index (χ4n) is 3.18. The Hall–Kier alpha value is -2.63. The Kier molecular flexibility index (Phi) is 5.16. The number of hydrogen-bond donors (Lipinski definition) is 1. The normalized spacial score (nSPS) is 14.5. The number of rotatable bonds is 5. The Morgan fingerprint density at radius 1 is 1.16 bits per heavy atom. The molecule has 6 nitrogen and oxygen atoms in total. The van der Waals surface area contributed by atoms with E-state index in [4.69, 9.17) is 4.98 Å². The third-order valence-corrected chi connectivity index (χ3v) is 4.52. The van der Waals surface area contributed by atoms with Crippen molar-refractivity contribution in [1.29, 1.82) is 0 Å². The first-order valence-corrected chi connectivity index (χ1v) is 8.69. The van der Waals surface area contributed by atoms with E-state index < -0.39 is 5.97 Å². The maximum absolute atomic E-state index is 11.8. The van der Waals surface area contributed by atoms with Gasteiger partial charge in [0.25, 0.3) is 0 Å². The van der Waals surface area contributed by atoms with Crippen molar-refractivity contribution in [3.63, 3.8) is 0 Å². The quantitative estimate of drug-likeness (QED) is 0.900.